The van der Waals surface area contributed by atoms with Crippen molar-refractivity contribution >= 4 is 0 Å². The second-order valence-corrected chi connectivity index (χ2v) is 27.2. The zero-order valence-corrected chi connectivity index (χ0v) is 49.3. The van der Waals surface area contributed by atoms with Crippen molar-refractivity contribution in [3.05, 3.63) is 0 Å². The Hall–Kier alpha value is -1.20. The van der Waals surface area contributed by atoms with Crippen LogP contribution in [0.4, 0.5) is 0 Å². The number of ether oxygens (including phenoxy) is 11. The second kappa shape index (κ2) is 27.3. The molecule has 38 atom stereocenters. The molecule has 6 aliphatic heterocycles. The van der Waals surface area contributed by atoms with Crippen LogP contribution < -0.4 is 0 Å². The first-order chi connectivity index (χ1) is 41.2. The molecule has 6 heterocycles. The Morgan fingerprint density at radius 3 is 1.51 bits per heavy atom. The monoisotopic (exact) mass is 1260 g/mol. The highest BCUT2D eigenvalue weighted by Gasteiger charge is 2.69. The predicted octanol–water partition coefficient (Wildman–Crippen LogP) is -7.16. The van der Waals surface area contributed by atoms with Gasteiger partial charge < -0.3 is 149 Å². The van der Waals surface area contributed by atoms with Gasteiger partial charge in [-0.05, 0) is 97.7 Å². The molecule has 10 aliphatic rings. The molecule has 10 fully saturated rings. The van der Waals surface area contributed by atoms with Gasteiger partial charge in [-0.3, -0.25) is 0 Å². The predicted molar refractivity (Wildman–Crippen MR) is 286 cm³/mol. The Balaban J connectivity index is 0.777. The number of rotatable bonds is 19. The summed E-state index contributed by atoms with van der Waals surface area (Å²) in [6.07, 6.45) is -40.2. The van der Waals surface area contributed by atoms with Crippen LogP contribution in [-0.2, 0) is 52.1 Å². The molecular weight excluding hydrogens is 1160 g/mol. The number of fused-ring (bicyclic) bond motifs is 7. The molecule has 10 rings (SSSR count). The smallest absolute Gasteiger partial charge is 0.187 e. The Kier molecular flexibility index (Phi) is 21.5. The van der Waals surface area contributed by atoms with E-state index >= 15 is 0 Å². The largest absolute Gasteiger partial charge is 0.394 e. The van der Waals surface area contributed by atoms with E-state index in [0.29, 0.717) is 38.5 Å². The van der Waals surface area contributed by atoms with Gasteiger partial charge in [0.2, 0.25) is 0 Å². The fourth-order valence-electron chi connectivity index (χ4n) is 17.2. The molecule has 4 aliphatic carbocycles. The summed E-state index contributed by atoms with van der Waals surface area (Å²) in [5.74, 6) is -1.33. The number of aliphatic hydroxyl groups excluding tert-OH is 18. The van der Waals surface area contributed by atoms with Crippen molar-refractivity contribution in [2.45, 2.75) is 263 Å². The van der Waals surface area contributed by atoms with Gasteiger partial charge in [-0.15, -0.1) is 0 Å². The lowest BCUT2D eigenvalue weighted by Gasteiger charge is -2.62. The van der Waals surface area contributed by atoms with E-state index in [1.54, 1.807) is 0 Å². The second-order valence-electron chi connectivity index (χ2n) is 27.2. The fraction of sp³-hybridized carbons (Fsp3) is 1.00. The molecule has 4 saturated carbocycles. The first kappa shape index (κ1) is 68.7. The van der Waals surface area contributed by atoms with Gasteiger partial charge in [0.1, 0.15) is 122 Å². The lowest BCUT2D eigenvalue weighted by molar-refractivity contribution is -0.406. The summed E-state index contributed by atoms with van der Waals surface area (Å²) in [6.45, 7) is 4.43. The first-order valence-electron chi connectivity index (χ1n) is 31.0. The minimum Gasteiger partial charge on any atom is -0.394 e. The molecule has 6 saturated heterocycles. The average molecular weight is 1260 g/mol. The summed E-state index contributed by atoms with van der Waals surface area (Å²) < 4.78 is 65.8. The van der Waals surface area contributed by atoms with Gasteiger partial charge in [-0.1, -0.05) is 27.7 Å². The minimum atomic E-state index is -2.08. The average Bonchev–Trinajstić information content (AvgIpc) is 1.60. The Labute approximate surface area is 502 Å². The zero-order chi connectivity index (χ0) is 63.1. The lowest BCUT2D eigenvalue weighted by Crippen LogP contribution is -2.68. The molecule has 0 unspecified atom stereocenters. The van der Waals surface area contributed by atoms with Crippen LogP contribution in [-0.4, -0.2) is 314 Å². The highest BCUT2D eigenvalue weighted by Crippen LogP contribution is 2.71. The van der Waals surface area contributed by atoms with Crippen LogP contribution in [0.2, 0.25) is 0 Å². The van der Waals surface area contributed by atoms with E-state index in [1.165, 1.54) is 0 Å². The normalized spacial score (nSPS) is 55.6. The molecule has 0 amide bonds. The molecule has 0 bridgehead atoms. The molecule has 0 aromatic carbocycles. The quantitative estimate of drug-likeness (QED) is 0.0534. The van der Waals surface area contributed by atoms with Crippen molar-refractivity contribution in [3.63, 3.8) is 0 Å². The third-order valence-electron chi connectivity index (χ3n) is 22.2. The molecule has 0 aromatic rings. The maximum atomic E-state index is 12.2. The Morgan fingerprint density at radius 1 is 0.460 bits per heavy atom. The Morgan fingerprint density at radius 2 is 0.931 bits per heavy atom. The van der Waals surface area contributed by atoms with Crippen molar-refractivity contribution in [1.82, 2.24) is 0 Å². The van der Waals surface area contributed by atoms with Gasteiger partial charge in [0.25, 0.3) is 0 Å². The lowest BCUT2D eigenvalue weighted by atomic mass is 9.43. The number of hydrogen-bond acceptors (Lipinski definition) is 30. The van der Waals surface area contributed by atoms with Crippen molar-refractivity contribution in [2.24, 2.45) is 52.3 Å². The van der Waals surface area contributed by atoms with Crippen molar-refractivity contribution in [2.75, 3.05) is 39.6 Å². The van der Waals surface area contributed by atoms with E-state index in [2.05, 4.69) is 13.8 Å². The third kappa shape index (κ3) is 12.6. The fourth-order valence-corrected chi connectivity index (χ4v) is 17.2. The van der Waals surface area contributed by atoms with Crippen LogP contribution >= 0.6 is 0 Å². The molecule has 19 N–H and O–H groups in total. The molecule has 87 heavy (non-hydrogen) atoms. The van der Waals surface area contributed by atoms with Gasteiger partial charge in [0.05, 0.1) is 58.0 Å². The van der Waals surface area contributed by atoms with E-state index in [9.17, 15) is 97.0 Å². The minimum absolute atomic E-state index is 0.0498. The van der Waals surface area contributed by atoms with Crippen LogP contribution in [0.5, 0.6) is 0 Å². The van der Waals surface area contributed by atoms with Crippen LogP contribution in [0, 0.1) is 52.3 Å². The van der Waals surface area contributed by atoms with Crippen LogP contribution in [0.1, 0.15) is 85.5 Å². The number of aliphatic hydroxyl groups is 19. The first-order valence-corrected chi connectivity index (χ1v) is 31.0. The maximum absolute atomic E-state index is 12.2. The summed E-state index contributed by atoms with van der Waals surface area (Å²) in [5.41, 5.74) is -0.511. The van der Waals surface area contributed by atoms with Crippen molar-refractivity contribution in [1.29, 1.82) is 0 Å². The Bertz CT molecular complexity index is 2220. The number of hydrogen-bond donors (Lipinski definition) is 19. The zero-order valence-electron chi connectivity index (χ0n) is 49.3. The van der Waals surface area contributed by atoms with E-state index in [0.717, 1.165) is 19.3 Å². The molecule has 0 spiro atoms. The van der Waals surface area contributed by atoms with E-state index in [-0.39, 0.29) is 65.0 Å². The van der Waals surface area contributed by atoms with E-state index < -0.39 is 205 Å². The summed E-state index contributed by atoms with van der Waals surface area (Å²) in [7, 11) is 0. The maximum Gasteiger partial charge on any atom is 0.187 e. The van der Waals surface area contributed by atoms with E-state index in [1.807, 2.05) is 13.8 Å². The van der Waals surface area contributed by atoms with E-state index in [4.69, 9.17) is 52.1 Å². The molecule has 504 valence electrons. The highest BCUT2D eigenvalue weighted by molar-refractivity contribution is 5.16. The SMILES string of the molecule is C[C@H](CC[C@]1(O)O[C@H]2C[C@H]3[C@@H]4C[C@@H](O)[C@H]5C[C@@H](O[C@@H]6O[C@H](CO)[C@H](O[C@@H]7O[C@H](CO)[C@@H](O)[C@H](O[C@@H]8O[C@H](CO)[C@@H](O)[C@H](O)[C@H]8O)[C@H]7O[C@@H]7O[C@H](CO)[C@@H](O)[C@H](O)[C@H]7O)[C@H](O)[C@H]6O)CC[C@]5(C)[C@H]4CC[C@]3(C)[C@H]2[C@@H]1C)CO[C@@H]1O[C@H](CO)[C@@H](O)[C@H](O)[C@H]1O. The summed E-state index contributed by atoms with van der Waals surface area (Å²) >= 11 is 0. The van der Waals surface area contributed by atoms with Gasteiger partial charge in [0, 0.05) is 12.3 Å². The third-order valence-corrected chi connectivity index (χ3v) is 22.2. The van der Waals surface area contributed by atoms with Crippen LogP contribution in [0.25, 0.3) is 0 Å². The molecule has 30 nitrogen and oxygen atoms in total. The molecule has 0 aromatic heterocycles. The van der Waals surface area contributed by atoms with Gasteiger partial charge >= 0.3 is 0 Å². The molecule has 0 radical (unpaired) electrons. The van der Waals surface area contributed by atoms with Crippen LogP contribution in [0.15, 0.2) is 0 Å². The summed E-state index contributed by atoms with van der Waals surface area (Å²) in [4.78, 5) is 0. The highest BCUT2D eigenvalue weighted by atomic mass is 16.8. The summed E-state index contributed by atoms with van der Waals surface area (Å²) in [5, 5.41) is 205. The van der Waals surface area contributed by atoms with Gasteiger partial charge in [-0.25, -0.2) is 0 Å². The molecular formula is C57H96O30. The van der Waals surface area contributed by atoms with Gasteiger partial charge in [0.15, 0.2) is 37.2 Å². The van der Waals surface area contributed by atoms with Crippen molar-refractivity contribution < 1.29 is 149 Å². The standard InChI is InChI=1S/C57H96O30/c1-20(19-77-50-43(72)39(68)35(64)29(14-58)79-50)5-10-57(76)21(2)34-28(87-57)13-25-23-12-27(63)26-11-22(6-8-55(26,3)24(23)7-9-56(25,34)4)78-51-46(75)42(71)47(33(18-62)83-51)84-54-49(86-53-45(74)41(70)37(66)31(16-60)81-53)48(38(67)32(17-61)82-54)85-52-44(73)40(69)36(65)30(15-59)80-52/h20-54,58-76H,5-19H2,1-4H3/t20-,21+,22+,23-,24+,25+,26-,27-,28+,29-,30-,31-,32-,33-,34+,35-,36-,37-,38-,39+,40+,41+,42-,43-,44-,45-,46-,47+,48+,49-,50-,51-,52+,53+,54+,55-,56+,57+/m1/s1. The van der Waals surface area contributed by atoms with Crippen molar-refractivity contribution in [3.8, 4) is 0 Å². The van der Waals surface area contributed by atoms with Gasteiger partial charge in [-0.2, -0.15) is 0 Å². The van der Waals surface area contributed by atoms with Crippen LogP contribution in [0.3, 0.4) is 0 Å². The molecule has 30 heteroatoms. The topological polar surface area (TPSA) is 486 Å². The summed E-state index contributed by atoms with van der Waals surface area (Å²) in [6, 6.07) is 0.